The van der Waals surface area contributed by atoms with E-state index in [1.807, 2.05) is 32.6 Å². The second kappa shape index (κ2) is 9.49. The maximum absolute atomic E-state index is 13.3. The molecular weight excluding hydrogens is 472 g/mol. The average Bonchev–Trinajstić information content (AvgIpc) is 2.89. The minimum absolute atomic E-state index is 0.0302. The van der Waals surface area contributed by atoms with Gasteiger partial charge in [0.25, 0.3) is 0 Å². The highest BCUT2D eigenvalue weighted by molar-refractivity contribution is 9.10. The Morgan fingerprint density at radius 2 is 1.88 bits per heavy atom. The van der Waals surface area contributed by atoms with Crippen LogP contribution in [0.1, 0.15) is 80.1 Å². The molecule has 0 aromatic rings. The van der Waals surface area contributed by atoms with E-state index in [0.717, 1.165) is 42.7 Å². The summed E-state index contributed by atoms with van der Waals surface area (Å²) in [6, 6.07) is 0.281. The molecule has 6 nitrogen and oxygen atoms in total. The first-order valence-electron chi connectivity index (χ1n) is 11.8. The molecule has 0 radical (unpaired) electrons. The average molecular weight is 512 g/mol. The Kier molecular flexibility index (Phi) is 7.50. The lowest BCUT2D eigenvalue weighted by atomic mass is 9.72. The zero-order valence-electron chi connectivity index (χ0n) is 20.6. The standard InChI is InChI=1S/C25H39BrN2O4/c1-15-19(21(22(29)31-7)32-24(3,4)5)25(6,26)16(2)18-13-14-28(23(30)27-20(15)18)17-11-9-8-10-12-17/h16-17,21H,8-14H2,1-7H3,(H,27,30)/t16?,21-,25?/m0/s1. The molecule has 0 aromatic heterocycles. The van der Waals surface area contributed by atoms with E-state index in [4.69, 9.17) is 9.47 Å². The highest BCUT2D eigenvalue weighted by Gasteiger charge is 2.48. The van der Waals surface area contributed by atoms with Gasteiger partial charge in [0.15, 0.2) is 6.10 Å². The Morgan fingerprint density at radius 1 is 1.25 bits per heavy atom. The van der Waals surface area contributed by atoms with Crippen molar-refractivity contribution in [2.75, 3.05) is 13.7 Å². The summed E-state index contributed by atoms with van der Waals surface area (Å²) in [7, 11) is 1.38. The Labute approximate surface area is 201 Å². The predicted molar refractivity (Wildman–Crippen MR) is 130 cm³/mol. The number of carbonyl (C=O) groups excluding carboxylic acids is 2. The Morgan fingerprint density at radius 3 is 2.44 bits per heavy atom. The molecule has 2 amide bonds. The molecule has 1 saturated carbocycles. The highest BCUT2D eigenvalue weighted by Crippen LogP contribution is 2.50. The van der Waals surface area contributed by atoms with Gasteiger partial charge in [0.05, 0.1) is 17.0 Å². The van der Waals surface area contributed by atoms with Crippen molar-refractivity contribution in [2.45, 2.75) is 102 Å². The fraction of sp³-hybridized carbons (Fsp3) is 0.760. The molecule has 7 heteroatoms. The number of hydrogen-bond donors (Lipinski definition) is 1. The number of allylic oxidation sites excluding steroid dienone is 1. The van der Waals surface area contributed by atoms with E-state index in [1.54, 1.807) is 0 Å². The number of nitrogens with one attached hydrogen (secondary N) is 1. The summed E-state index contributed by atoms with van der Waals surface area (Å²) >= 11 is 3.96. The van der Waals surface area contributed by atoms with Crippen molar-refractivity contribution in [3.8, 4) is 0 Å². The fourth-order valence-corrected chi connectivity index (χ4v) is 6.22. The van der Waals surface area contributed by atoms with Crippen molar-refractivity contribution < 1.29 is 19.1 Å². The molecule has 3 rings (SSSR count). The third kappa shape index (κ3) is 4.93. The van der Waals surface area contributed by atoms with Crippen LogP contribution in [-0.2, 0) is 14.3 Å². The summed E-state index contributed by atoms with van der Waals surface area (Å²) < 4.78 is 10.9. The van der Waals surface area contributed by atoms with Crippen molar-refractivity contribution in [3.63, 3.8) is 0 Å². The summed E-state index contributed by atoms with van der Waals surface area (Å²) in [5.41, 5.74) is 3.22. The van der Waals surface area contributed by atoms with Crippen molar-refractivity contribution in [2.24, 2.45) is 5.92 Å². The summed E-state index contributed by atoms with van der Waals surface area (Å²) in [4.78, 5) is 28.2. The zero-order valence-corrected chi connectivity index (χ0v) is 22.2. The van der Waals surface area contributed by atoms with E-state index < -0.39 is 22.0 Å². The largest absolute Gasteiger partial charge is 0.467 e. The SMILES string of the molecule is COC(=O)[C@@H](OC(C)(C)C)C1=C(C)C2=C(CCN(C3CCCCC3)C(=O)N2)C(C)C1(C)Br. The lowest BCUT2D eigenvalue weighted by Gasteiger charge is -2.43. The number of ether oxygens (including phenoxy) is 2. The number of alkyl halides is 1. The lowest BCUT2D eigenvalue weighted by Crippen LogP contribution is -2.48. The summed E-state index contributed by atoms with van der Waals surface area (Å²) in [5, 5.41) is 3.23. The smallest absolute Gasteiger partial charge is 0.339 e. The molecule has 1 fully saturated rings. The molecule has 1 N–H and O–H groups in total. The van der Waals surface area contributed by atoms with Gasteiger partial charge in [-0.2, -0.15) is 0 Å². The van der Waals surface area contributed by atoms with E-state index >= 15 is 0 Å². The van der Waals surface area contributed by atoms with Crippen LogP contribution < -0.4 is 5.32 Å². The van der Waals surface area contributed by atoms with E-state index in [1.165, 1.54) is 31.9 Å². The number of esters is 1. The van der Waals surface area contributed by atoms with E-state index in [2.05, 4.69) is 35.1 Å². The lowest BCUT2D eigenvalue weighted by molar-refractivity contribution is -0.160. The van der Waals surface area contributed by atoms with Crippen LogP contribution in [0.3, 0.4) is 0 Å². The molecule has 0 spiro atoms. The monoisotopic (exact) mass is 510 g/mol. The third-order valence-corrected chi connectivity index (χ3v) is 8.36. The van der Waals surface area contributed by atoms with Gasteiger partial charge in [0, 0.05) is 18.3 Å². The van der Waals surface area contributed by atoms with Gasteiger partial charge >= 0.3 is 12.0 Å². The summed E-state index contributed by atoms with van der Waals surface area (Å²) in [6.07, 6.45) is 5.74. The van der Waals surface area contributed by atoms with Crippen LogP contribution in [0.5, 0.6) is 0 Å². The molecule has 1 aliphatic heterocycles. The van der Waals surface area contributed by atoms with Crippen molar-refractivity contribution in [1.82, 2.24) is 10.2 Å². The molecule has 2 unspecified atom stereocenters. The highest BCUT2D eigenvalue weighted by atomic mass is 79.9. The molecule has 0 bridgehead atoms. The van der Waals surface area contributed by atoms with Gasteiger partial charge < -0.3 is 19.7 Å². The number of hydrogen-bond acceptors (Lipinski definition) is 4. The zero-order chi connectivity index (χ0) is 23.8. The molecule has 0 aromatic carbocycles. The summed E-state index contributed by atoms with van der Waals surface area (Å²) in [6.45, 7) is 12.7. The fourth-order valence-electron chi connectivity index (χ4n) is 5.44. The minimum atomic E-state index is -0.865. The minimum Gasteiger partial charge on any atom is -0.467 e. The normalized spacial score (nSPS) is 28.8. The van der Waals surface area contributed by atoms with Crippen molar-refractivity contribution in [1.29, 1.82) is 0 Å². The second-order valence-corrected chi connectivity index (χ2v) is 12.2. The van der Waals surface area contributed by atoms with Crippen molar-refractivity contribution >= 4 is 27.9 Å². The van der Waals surface area contributed by atoms with Crippen LogP contribution in [0.4, 0.5) is 4.79 Å². The number of urea groups is 1. The van der Waals surface area contributed by atoms with Gasteiger partial charge in [-0.1, -0.05) is 42.1 Å². The number of amides is 2. The molecule has 3 atom stereocenters. The predicted octanol–water partition coefficient (Wildman–Crippen LogP) is 5.47. The van der Waals surface area contributed by atoms with Gasteiger partial charge in [-0.05, 0) is 76.5 Å². The topological polar surface area (TPSA) is 67.9 Å². The molecular formula is C25H39BrN2O4. The van der Waals surface area contributed by atoms with Crippen LogP contribution >= 0.6 is 15.9 Å². The maximum Gasteiger partial charge on any atom is 0.339 e. The first-order valence-corrected chi connectivity index (χ1v) is 12.6. The number of rotatable bonds is 4. The molecule has 32 heavy (non-hydrogen) atoms. The summed E-state index contributed by atoms with van der Waals surface area (Å²) in [5.74, 6) is -0.362. The quantitative estimate of drug-likeness (QED) is 0.402. The van der Waals surface area contributed by atoms with Gasteiger partial charge in [-0.3, -0.25) is 0 Å². The van der Waals surface area contributed by atoms with Gasteiger partial charge in [0.1, 0.15) is 0 Å². The Hall–Kier alpha value is -1.34. The maximum atomic E-state index is 13.3. The Bertz CT molecular complexity index is 818. The first-order chi connectivity index (χ1) is 14.9. The molecule has 180 valence electrons. The van der Waals surface area contributed by atoms with Gasteiger partial charge in [-0.25, -0.2) is 9.59 Å². The second-order valence-electron chi connectivity index (χ2n) is 10.5. The Balaban J connectivity index is 2.03. The van der Waals surface area contributed by atoms with Crippen LogP contribution in [0.15, 0.2) is 22.4 Å². The van der Waals surface area contributed by atoms with E-state index in [9.17, 15) is 9.59 Å². The first kappa shape index (κ1) is 25.3. The molecule has 0 saturated heterocycles. The number of nitrogens with zero attached hydrogens (tertiary/aromatic N) is 1. The number of halogens is 1. The molecule has 1 heterocycles. The van der Waals surface area contributed by atoms with Crippen LogP contribution in [0.25, 0.3) is 0 Å². The van der Waals surface area contributed by atoms with Gasteiger partial charge in [-0.15, -0.1) is 0 Å². The molecule has 3 aliphatic rings. The van der Waals surface area contributed by atoms with E-state index in [-0.39, 0.29) is 11.9 Å². The number of carbonyl (C=O) groups is 2. The van der Waals surface area contributed by atoms with Crippen molar-refractivity contribution in [3.05, 3.63) is 22.4 Å². The van der Waals surface area contributed by atoms with Gasteiger partial charge in [0.2, 0.25) is 0 Å². The van der Waals surface area contributed by atoms with Crippen LogP contribution in [-0.4, -0.2) is 52.6 Å². The van der Waals surface area contributed by atoms with Crippen LogP contribution in [0.2, 0.25) is 0 Å². The molecule has 2 aliphatic carbocycles. The van der Waals surface area contributed by atoms with Crippen LogP contribution in [0, 0.1) is 5.92 Å². The van der Waals surface area contributed by atoms with E-state index in [0.29, 0.717) is 6.04 Å². The number of methoxy groups -OCH3 is 1. The third-order valence-electron chi connectivity index (χ3n) is 7.24.